The molecule has 0 fully saturated rings. The minimum absolute atomic E-state index is 0.511. The van der Waals surface area contributed by atoms with Gasteiger partial charge in [0.05, 0.1) is 19.3 Å². The maximum absolute atomic E-state index is 10.4. The summed E-state index contributed by atoms with van der Waals surface area (Å²) in [6.45, 7) is 12.3. The van der Waals surface area contributed by atoms with E-state index in [0.29, 0.717) is 19.6 Å². The molecule has 0 aliphatic rings. The molecule has 1 aromatic carbocycles. The molecule has 1 N–H and O–H groups in total. The second-order valence-corrected chi connectivity index (χ2v) is 4.90. The summed E-state index contributed by atoms with van der Waals surface area (Å²) in [7, 11) is 0. The Morgan fingerprint density at radius 3 is 2.29 bits per heavy atom. The molecular formula is C17H29NO3. The quantitative estimate of drug-likeness (QED) is 0.719. The van der Waals surface area contributed by atoms with Crippen molar-refractivity contribution in [3.05, 3.63) is 23.8 Å². The molecule has 1 unspecified atom stereocenters. The van der Waals surface area contributed by atoms with Crippen molar-refractivity contribution in [2.75, 3.05) is 32.8 Å². The first-order valence-electron chi connectivity index (χ1n) is 7.96. The number of hydrogen-bond acceptors (Lipinski definition) is 4. The van der Waals surface area contributed by atoms with E-state index in [1.54, 1.807) is 0 Å². The first-order valence-corrected chi connectivity index (χ1v) is 7.96. The smallest absolute Gasteiger partial charge is 0.128 e. The van der Waals surface area contributed by atoms with Crippen LogP contribution < -0.4 is 9.47 Å². The highest BCUT2D eigenvalue weighted by Gasteiger charge is 2.15. The summed E-state index contributed by atoms with van der Waals surface area (Å²) < 4.78 is 11.1. The average molecular weight is 295 g/mol. The predicted molar refractivity (Wildman–Crippen MR) is 86.1 cm³/mol. The number of nitrogens with zero attached hydrogens (tertiary/aromatic N) is 1. The summed E-state index contributed by atoms with van der Waals surface area (Å²) in [5.41, 5.74) is 0.840. The van der Waals surface area contributed by atoms with Crippen molar-refractivity contribution >= 4 is 0 Å². The Morgan fingerprint density at radius 1 is 1.05 bits per heavy atom. The Labute approximate surface area is 128 Å². The van der Waals surface area contributed by atoms with E-state index in [2.05, 4.69) is 18.7 Å². The summed E-state index contributed by atoms with van der Waals surface area (Å²) in [6.07, 6.45) is 0.193. The Morgan fingerprint density at radius 2 is 1.71 bits per heavy atom. The van der Waals surface area contributed by atoms with Gasteiger partial charge in [0.1, 0.15) is 11.5 Å². The molecule has 1 aromatic rings. The topological polar surface area (TPSA) is 41.9 Å². The molecule has 1 rings (SSSR count). The Bertz CT molecular complexity index is 405. The highest BCUT2D eigenvalue weighted by molar-refractivity contribution is 5.42. The predicted octanol–water partition coefficient (Wildman–Crippen LogP) is 3.25. The van der Waals surface area contributed by atoms with Crippen LogP contribution in [-0.2, 0) is 0 Å². The molecule has 0 aromatic heterocycles. The standard InChI is InChI=1S/C17H29NO3/c1-5-18(6-2)12-11-16(19)15-10-9-14(20-7-3)13-17(15)21-8-4/h9-10,13,16,19H,5-8,11-12H2,1-4H3. The molecule has 0 heterocycles. The molecule has 0 bridgehead atoms. The number of aliphatic hydroxyl groups is 1. The molecule has 0 aliphatic heterocycles. The zero-order chi connectivity index (χ0) is 15.7. The minimum Gasteiger partial charge on any atom is -0.494 e. The van der Waals surface area contributed by atoms with Gasteiger partial charge in [0.2, 0.25) is 0 Å². The van der Waals surface area contributed by atoms with Crippen LogP contribution in [0.2, 0.25) is 0 Å². The van der Waals surface area contributed by atoms with Crippen LogP contribution in [-0.4, -0.2) is 42.9 Å². The van der Waals surface area contributed by atoms with E-state index >= 15 is 0 Å². The van der Waals surface area contributed by atoms with E-state index in [1.807, 2.05) is 32.0 Å². The minimum atomic E-state index is -0.511. The highest BCUT2D eigenvalue weighted by atomic mass is 16.5. The van der Waals surface area contributed by atoms with Crippen LogP contribution in [0.1, 0.15) is 45.8 Å². The summed E-state index contributed by atoms with van der Waals surface area (Å²) >= 11 is 0. The molecule has 0 amide bonds. The van der Waals surface area contributed by atoms with Gasteiger partial charge in [0.25, 0.3) is 0 Å². The summed E-state index contributed by atoms with van der Waals surface area (Å²) in [5.74, 6) is 1.50. The number of rotatable bonds is 10. The lowest BCUT2D eigenvalue weighted by Gasteiger charge is -2.21. The normalized spacial score (nSPS) is 12.5. The third kappa shape index (κ3) is 5.56. The molecule has 0 saturated carbocycles. The molecule has 0 spiro atoms. The van der Waals surface area contributed by atoms with E-state index in [4.69, 9.17) is 9.47 Å². The zero-order valence-electron chi connectivity index (χ0n) is 13.8. The van der Waals surface area contributed by atoms with Crippen LogP contribution >= 0.6 is 0 Å². The average Bonchev–Trinajstić information content (AvgIpc) is 2.49. The third-order valence-electron chi connectivity index (χ3n) is 3.57. The second-order valence-electron chi connectivity index (χ2n) is 4.90. The Hall–Kier alpha value is -1.26. The van der Waals surface area contributed by atoms with Crippen LogP contribution in [0.15, 0.2) is 18.2 Å². The van der Waals surface area contributed by atoms with E-state index in [-0.39, 0.29) is 0 Å². The molecule has 4 nitrogen and oxygen atoms in total. The summed E-state index contributed by atoms with van der Waals surface area (Å²) in [4.78, 5) is 2.30. The SMILES string of the molecule is CCOc1ccc(C(O)CCN(CC)CC)c(OCC)c1. The lowest BCUT2D eigenvalue weighted by Crippen LogP contribution is -2.25. The van der Waals surface area contributed by atoms with Gasteiger partial charge in [-0.3, -0.25) is 0 Å². The lowest BCUT2D eigenvalue weighted by molar-refractivity contribution is 0.141. The van der Waals surface area contributed by atoms with Gasteiger partial charge in [0, 0.05) is 18.2 Å². The van der Waals surface area contributed by atoms with Gasteiger partial charge in [-0.25, -0.2) is 0 Å². The van der Waals surface area contributed by atoms with Crippen molar-refractivity contribution in [1.29, 1.82) is 0 Å². The molecule has 4 heteroatoms. The zero-order valence-corrected chi connectivity index (χ0v) is 13.8. The monoisotopic (exact) mass is 295 g/mol. The fourth-order valence-corrected chi connectivity index (χ4v) is 2.33. The van der Waals surface area contributed by atoms with E-state index < -0.39 is 6.10 Å². The third-order valence-corrected chi connectivity index (χ3v) is 3.57. The van der Waals surface area contributed by atoms with Crippen molar-refractivity contribution in [2.24, 2.45) is 0 Å². The van der Waals surface area contributed by atoms with Gasteiger partial charge in [-0.2, -0.15) is 0 Å². The van der Waals surface area contributed by atoms with Gasteiger partial charge in [-0.15, -0.1) is 0 Å². The van der Waals surface area contributed by atoms with Crippen LogP contribution in [0.3, 0.4) is 0 Å². The van der Waals surface area contributed by atoms with Gasteiger partial charge in [0.15, 0.2) is 0 Å². The maximum Gasteiger partial charge on any atom is 0.128 e. The van der Waals surface area contributed by atoms with Crippen LogP contribution in [0.5, 0.6) is 11.5 Å². The summed E-state index contributed by atoms with van der Waals surface area (Å²) in [5, 5.41) is 10.4. The Kier molecular flexibility index (Phi) is 8.16. The number of benzene rings is 1. The van der Waals surface area contributed by atoms with Gasteiger partial charge >= 0.3 is 0 Å². The van der Waals surface area contributed by atoms with Crippen LogP contribution in [0.4, 0.5) is 0 Å². The first-order chi connectivity index (χ1) is 10.2. The van der Waals surface area contributed by atoms with Crippen LogP contribution in [0, 0.1) is 0 Å². The van der Waals surface area contributed by atoms with E-state index in [1.165, 1.54) is 0 Å². The van der Waals surface area contributed by atoms with Crippen molar-refractivity contribution in [1.82, 2.24) is 4.90 Å². The summed E-state index contributed by atoms with van der Waals surface area (Å²) in [6, 6.07) is 5.66. The van der Waals surface area contributed by atoms with Crippen molar-refractivity contribution < 1.29 is 14.6 Å². The van der Waals surface area contributed by atoms with E-state index in [0.717, 1.165) is 36.7 Å². The fraction of sp³-hybridized carbons (Fsp3) is 0.647. The number of ether oxygens (including phenoxy) is 2. The van der Waals surface area contributed by atoms with Gasteiger partial charge in [-0.1, -0.05) is 13.8 Å². The number of aliphatic hydroxyl groups excluding tert-OH is 1. The fourth-order valence-electron chi connectivity index (χ4n) is 2.33. The van der Waals surface area contributed by atoms with Crippen LogP contribution in [0.25, 0.3) is 0 Å². The molecule has 120 valence electrons. The largest absolute Gasteiger partial charge is 0.494 e. The molecule has 0 radical (unpaired) electrons. The maximum atomic E-state index is 10.4. The Balaban J connectivity index is 2.79. The molecule has 0 saturated heterocycles. The van der Waals surface area contributed by atoms with Crippen molar-refractivity contribution in [3.63, 3.8) is 0 Å². The lowest BCUT2D eigenvalue weighted by atomic mass is 10.0. The van der Waals surface area contributed by atoms with Crippen molar-refractivity contribution in [3.8, 4) is 11.5 Å². The molecule has 1 atom stereocenters. The molecule has 21 heavy (non-hydrogen) atoms. The number of hydrogen-bond donors (Lipinski definition) is 1. The highest BCUT2D eigenvalue weighted by Crippen LogP contribution is 2.31. The molecule has 0 aliphatic carbocycles. The van der Waals surface area contributed by atoms with Gasteiger partial charge < -0.3 is 19.5 Å². The van der Waals surface area contributed by atoms with E-state index in [9.17, 15) is 5.11 Å². The first kappa shape index (κ1) is 17.8. The van der Waals surface area contributed by atoms with Crippen molar-refractivity contribution in [2.45, 2.75) is 40.2 Å². The van der Waals surface area contributed by atoms with Gasteiger partial charge in [-0.05, 0) is 45.5 Å². The second kappa shape index (κ2) is 9.64. The molecular weight excluding hydrogens is 266 g/mol.